The molecule has 0 aliphatic heterocycles. The lowest BCUT2D eigenvalue weighted by molar-refractivity contribution is -0.241. The molecule has 2 aromatic carbocycles. The van der Waals surface area contributed by atoms with E-state index in [-0.39, 0.29) is 0 Å². The molecule has 0 aliphatic rings. The summed E-state index contributed by atoms with van der Waals surface area (Å²) in [6.45, 7) is 7.10. The summed E-state index contributed by atoms with van der Waals surface area (Å²) in [7, 11) is 0. The maximum absolute atomic E-state index is 12.4. The summed E-state index contributed by atoms with van der Waals surface area (Å²) in [4.78, 5) is 22.6. The van der Waals surface area contributed by atoms with Gasteiger partial charge in [0.2, 0.25) is 0 Å². The van der Waals surface area contributed by atoms with Crippen molar-refractivity contribution in [2.24, 2.45) is 5.92 Å². The average molecular weight is 397 g/mol. The van der Waals surface area contributed by atoms with Crippen LogP contribution in [0.1, 0.15) is 81.6 Å². The van der Waals surface area contributed by atoms with E-state index < -0.39 is 5.97 Å². The Balaban J connectivity index is 1.96. The predicted octanol–water partition coefficient (Wildman–Crippen LogP) is 7.39. The molecule has 1 atom stereocenters. The molecule has 0 amide bonds. The van der Waals surface area contributed by atoms with Crippen LogP contribution in [-0.4, -0.2) is 12.6 Å². The highest BCUT2D eigenvalue weighted by Crippen LogP contribution is 2.28. The standard InChI is InChI=1S/C26H36O3/c1-4-6-7-8-9-13-18-28-29-26(27)23-16-17-25(22-14-11-10-12-15-22)24(20-23)19-21(3)5-2/h10-12,14-17,20-21H,4-9,13,18-19H2,1-3H3. The molecular formula is C26H36O3. The first-order valence-electron chi connectivity index (χ1n) is 11.2. The normalized spacial score (nSPS) is 12.0. The Hall–Kier alpha value is -2.13. The largest absolute Gasteiger partial charge is 0.373 e. The second-order valence-corrected chi connectivity index (χ2v) is 7.92. The third-order valence-corrected chi connectivity index (χ3v) is 5.41. The van der Waals surface area contributed by atoms with Gasteiger partial charge in [0.25, 0.3) is 0 Å². The fourth-order valence-corrected chi connectivity index (χ4v) is 3.39. The molecule has 0 spiro atoms. The monoisotopic (exact) mass is 396 g/mol. The molecule has 0 N–H and O–H groups in total. The van der Waals surface area contributed by atoms with Gasteiger partial charge in [-0.3, -0.25) is 4.89 Å². The Morgan fingerprint density at radius 3 is 2.38 bits per heavy atom. The molecule has 0 fully saturated rings. The van der Waals surface area contributed by atoms with Gasteiger partial charge in [0, 0.05) is 0 Å². The van der Waals surface area contributed by atoms with E-state index >= 15 is 0 Å². The zero-order valence-electron chi connectivity index (χ0n) is 18.3. The van der Waals surface area contributed by atoms with Crippen LogP contribution in [0.15, 0.2) is 48.5 Å². The fourth-order valence-electron chi connectivity index (χ4n) is 3.39. The zero-order valence-corrected chi connectivity index (χ0v) is 18.3. The molecule has 0 saturated carbocycles. The molecule has 0 heterocycles. The highest BCUT2D eigenvalue weighted by molar-refractivity contribution is 5.90. The molecule has 3 heteroatoms. The Morgan fingerprint density at radius 2 is 1.66 bits per heavy atom. The van der Waals surface area contributed by atoms with E-state index in [1.54, 1.807) is 0 Å². The molecular weight excluding hydrogens is 360 g/mol. The van der Waals surface area contributed by atoms with Crippen LogP contribution in [0.5, 0.6) is 0 Å². The van der Waals surface area contributed by atoms with Gasteiger partial charge in [0.15, 0.2) is 0 Å². The van der Waals surface area contributed by atoms with Crippen LogP contribution in [0.2, 0.25) is 0 Å². The van der Waals surface area contributed by atoms with E-state index in [1.807, 2.05) is 36.4 Å². The van der Waals surface area contributed by atoms with Gasteiger partial charge in [-0.05, 0) is 47.6 Å². The van der Waals surface area contributed by atoms with E-state index in [0.717, 1.165) is 25.7 Å². The Labute approximate surface area is 176 Å². The predicted molar refractivity (Wildman–Crippen MR) is 120 cm³/mol. The van der Waals surface area contributed by atoms with Crippen molar-refractivity contribution >= 4 is 5.97 Å². The summed E-state index contributed by atoms with van der Waals surface area (Å²) in [5, 5.41) is 0. The first kappa shape index (κ1) is 23.2. The zero-order chi connectivity index (χ0) is 20.9. The lowest BCUT2D eigenvalue weighted by Gasteiger charge is -2.15. The minimum Gasteiger partial charge on any atom is -0.293 e. The van der Waals surface area contributed by atoms with Crippen molar-refractivity contribution in [3.8, 4) is 11.1 Å². The number of carbonyl (C=O) groups is 1. The van der Waals surface area contributed by atoms with Gasteiger partial charge in [-0.1, -0.05) is 95.7 Å². The lowest BCUT2D eigenvalue weighted by atomic mass is 9.90. The molecule has 0 aliphatic carbocycles. The van der Waals surface area contributed by atoms with Gasteiger partial charge in [-0.25, -0.2) is 4.79 Å². The third-order valence-electron chi connectivity index (χ3n) is 5.41. The summed E-state index contributed by atoms with van der Waals surface area (Å²) in [5.74, 6) is 0.133. The van der Waals surface area contributed by atoms with Gasteiger partial charge in [-0.2, -0.15) is 4.89 Å². The van der Waals surface area contributed by atoms with Crippen molar-refractivity contribution in [1.29, 1.82) is 0 Å². The summed E-state index contributed by atoms with van der Waals surface area (Å²) >= 11 is 0. The topological polar surface area (TPSA) is 35.5 Å². The fraction of sp³-hybridized carbons (Fsp3) is 0.500. The van der Waals surface area contributed by atoms with Gasteiger partial charge in [-0.15, -0.1) is 0 Å². The minimum atomic E-state index is -0.416. The molecule has 0 radical (unpaired) electrons. The molecule has 3 nitrogen and oxygen atoms in total. The van der Waals surface area contributed by atoms with Crippen molar-refractivity contribution in [3.63, 3.8) is 0 Å². The van der Waals surface area contributed by atoms with Crippen LogP contribution in [0.3, 0.4) is 0 Å². The Kier molecular flexibility index (Phi) is 10.5. The maximum atomic E-state index is 12.4. The van der Waals surface area contributed by atoms with E-state index in [9.17, 15) is 4.79 Å². The molecule has 1 unspecified atom stereocenters. The van der Waals surface area contributed by atoms with Crippen molar-refractivity contribution in [2.45, 2.75) is 72.1 Å². The van der Waals surface area contributed by atoms with E-state index in [1.165, 1.54) is 42.4 Å². The number of unbranched alkanes of at least 4 members (excludes halogenated alkanes) is 5. The lowest BCUT2D eigenvalue weighted by Crippen LogP contribution is -2.09. The molecule has 158 valence electrons. The molecule has 0 saturated heterocycles. The minimum absolute atomic E-state index is 0.416. The second kappa shape index (κ2) is 13.2. The quantitative estimate of drug-likeness (QED) is 0.201. The van der Waals surface area contributed by atoms with Crippen LogP contribution in [0, 0.1) is 5.92 Å². The summed E-state index contributed by atoms with van der Waals surface area (Å²) in [6.07, 6.45) is 9.08. The maximum Gasteiger partial charge on any atom is 0.373 e. The number of hydrogen-bond acceptors (Lipinski definition) is 3. The number of carbonyl (C=O) groups excluding carboxylic acids is 1. The third kappa shape index (κ3) is 8.02. The van der Waals surface area contributed by atoms with Crippen molar-refractivity contribution in [1.82, 2.24) is 0 Å². The number of benzene rings is 2. The second-order valence-electron chi connectivity index (χ2n) is 7.92. The Morgan fingerprint density at radius 1 is 0.931 bits per heavy atom. The van der Waals surface area contributed by atoms with Gasteiger partial charge < -0.3 is 0 Å². The van der Waals surface area contributed by atoms with Crippen LogP contribution in [-0.2, 0) is 16.2 Å². The summed E-state index contributed by atoms with van der Waals surface area (Å²) in [6, 6.07) is 16.1. The summed E-state index contributed by atoms with van der Waals surface area (Å²) < 4.78 is 0. The van der Waals surface area contributed by atoms with Crippen molar-refractivity contribution in [2.75, 3.05) is 6.61 Å². The smallest absolute Gasteiger partial charge is 0.293 e. The molecule has 0 bridgehead atoms. The highest BCUT2D eigenvalue weighted by Gasteiger charge is 2.14. The van der Waals surface area contributed by atoms with Crippen LogP contribution >= 0.6 is 0 Å². The van der Waals surface area contributed by atoms with Gasteiger partial charge in [0.05, 0.1) is 12.2 Å². The van der Waals surface area contributed by atoms with E-state index in [4.69, 9.17) is 9.78 Å². The van der Waals surface area contributed by atoms with Gasteiger partial charge in [0.1, 0.15) is 0 Å². The summed E-state index contributed by atoms with van der Waals surface area (Å²) in [5.41, 5.74) is 4.07. The van der Waals surface area contributed by atoms with Crippen LogP contribution in [0.4, 0.5) is 0 Å². The highest BCUT2D eigenvalue weighted by atomic mass is 17.2. The van der Waals surface area contributed by atoms with Crippen LogP contribution in [0.25, 0.3) is 11.1 Å². The Bertz CT molecular complexity index is 724. The molecule has 2 rings (SSSR count). The average Bonchev–Trinajstić information content (AvgIpc) is 2.76. The molecule has 2 aromatic rings. The van der Waals surface area contributed by atoms with E-state index in [2.05, 4.69) is 32.9 Å². The van der Waals surface area contributed by atoms with Crippen molar-refractivity contribution in [3.05, 3.63) is 59.7 Å². The van der Waals surface area contributed by atoms with E-state index in [0.29, 0.717) is 18.1 Å². The molecule has 29 heavy (non-hydrogen) atoms. The first-order chi connectivity index (χ1) is 14.2. The number of hydrogen-bond donors (Lipinski definition) is 0. The number of rotatable bonds is 13. The van der Waals surface area contributed by atoms with Crippen molar-refractivity contribution < 1.29 is 14.6 Å². The SMILES string of the molecule is CCCCCCCCOOC(=O)c1ccc(-c2ccccc2)c(CC(C)CC)c1. The molecule has 0 aromatic heterocycles. The first-order valence-corrected chi connectivity index (χ1v) is 11.2. The van der Waals surface area contributed by atoms with Crippen LogP contribution < -0.4 is 0 Å². The van der Waals surface area contributed by atoms with Gasteiger partial charge >= 0.3 is 5.97 Å².